The predicted molar refractivity (Wildman–Crippen MR) is 57.9 cm³/mol. The van der Waals surface area contributed by atoms with E-state index in [1.807, 2.05) is 13.8 Å². The van der Waals surface area contributed by atoms with Gasteiger partial charge in [0.05, 0.1) is 12.4 Å². The number of hydrogen-bond donors (Lipinski definition) is 1. The molecule has 0 aromatic heterocycles. The summed E-state index contributed by atoms with van der Waals surface area (Å²) in [7, 11) is -3.52. The van der Waals surface area contributed by atoms with Crippen molar-refractivity contribution in [2.75, 3.05) is 18.9 Å². The standard InChI is InChI=1S/C9H19NO4S/c1-3-6-10-9(11)5-8-15(12,13)14-7-4-2/h3-8H2,1-2H3,(H,10,11). The number of amides is 1. The molecule has 0 bridgehead atoms. The molecule has 0 fully saturated rings. The molecule has 0 saturated heterocycles. The normalized spacial score (nSPS) is 11.3. The maximum Gasteiger partial charge on any atom is 0.267 e. The molecule has 0 unspecified atom stereocenters. The molecule has 0 saturated carbocycles. The van der Waals surface area contributed by atoms with Crippen molar-refractivity contribution in [3.63, 3.8) is 0 Å². The third-order valence-electron chi connectivity index (χ3n) is 1.62. The Hall–Kier alpha value is -0.620. The van der Waals surface area contributed by atoms with E-state index in [9.17, 15) is 13.2 Å². The van der Waals surface area contributed by atoms with Crippen molar-refractivity contribution in [1.82, 2.24) is 5.32 Å². The second-order valence-corrected chi connectivity index (χ2v) is 4.94. The molecule has 0 aromatic rings. The molecule has 1 amide bonds. The van der Waals surface area contributed by atoms with Crippen molar-refractivity contribution in [2.45, 2.75) is 33.1 Å². The molecule has 15 heavy (non-hydrogen) atoms. The molecular formula is C9H19NO4S. The van der Waals surface area contributed by atoms with E-state index in [-0.39, 0.29) is 24.7 Å². The first-order valence-corrected chi connectivity index (χ1v) is 6.73. The monoisotopic (exact) mass is 237 g/mol. The number of rotatable bonds is 8. The van der Waals surface area contributed by atoms with Crippen LogP contribution in [-0.2, 0) is 19.1 Å². The Balaban J connectivity index is 3.78. The molecule has 0 aliphatic carbocycles. The predicted octanol–water partition coefficient (Wildman–Crippen LogP) is 0.659. The van der Waals surface area contributed by atoms with Crippen molar-refractivity contribution < 1.29 is 17.4 Å². The molecule has 90 valence electrons. The summed E-state index contributed by atoms with van der Waals surface area (Å²) < 4.78 is 27.0. The summed E-state index contributed by atoms with van der Waals surface area (Å²) in [6.45, 7) is 4.51. The summed E-state index contributed by atoms with van der Waals surface area (Å²) in [6, 6.07) is 0. The third-order valence-corrected chi connectivity index (χ3v) is 2.85. The number of hydrogen-bond acceptors (Lipinski definition) is 4. The zero-order valence-electron chi connectivity index (χ0n) is 9.28. The van der Waals surface area contributed by atoms with E-state index < -0.39 is 10.1 Å². The van der Waals surface area contributed by atoms with Gasteiger partial charge >= 0.3 is 0 Å². The van der Waals surface area contributed by atoms with Gasteiger partial charge in [-0.15, -0.1) is 0 Å². The Morgan fingerprint density at radius 3 is 2.47 bits per heavy atom. The summed E-state index contributed by atoms with van der Waals surface area (Å²) in [4.78, 5) is 11.1. The van der Waals surface area contributed by atoms with E-state index in [0.29, 0.717) is 13.0 Å². The highest BCUT2D eigenvalue weighted by Crippen LogP contribution is 1.97. The van der Waals surface area contributed by atoms with Crippen LogP contribution < -0.4 is 5.32 Å². The Bertz CT molecular complexity index is 274. The van der Waals surface area contributed by atoms with Gasteiger partial charge in [0.1, 0.15) is 0 Å². The average Bonchev–Trinajstić information content (AvgIpc) is 2.21. The molecule has 0 aliphatic rings. The molecule has 0 radical (unpaired) electrons. The average molecular weight is 237 g/mol. The van der Waals surface area contributed by atoms with Crippen molar-refractivity contribution in [1.29, 1.82) is 0 Å². The summed E-state index contributed by atoms with van der Waals surface area (Å²) in [5.74, 6) is -0.497. The topological polar surface area (TPSA) is 72.5 Å². The van der Waals surface area contributed by atoms with Crippen molar-refractivity contribution in [3.05, 3.63) is 0 Å². The maximum absolute atomic E-state index is 11.2. The first-order valence-electron chi connectivity index (χ1n) is 5.15. The fraction of sp³-hybridized carbons (Fsp3) is 0.889. The second-order valence-electron chi connectivity index (χ2n) is 3.18. The molecule has 0 heterocycles. The van der Waals surface area contributed by atoms with Crippen LogP contribution in [0.1, 0.15) is 33.1 Å². The fourth-order valence-corrected chi connectivity index (χ4v) is 1.81. The molecule has 0 aromatic carbocycles. The van der Waals surface area contributed by atoms with Gasteiger partial charge in [-0.1, -0.05) is 13.8 Å². The number of nitrogens with one attached hydrogen (secondary N) is 1. The minimum atomic E-state index is -3.52. The van der Waals surface area contributed by atoms with E-state index in [4.69, 9.17) is 0 Å². The van der Waals surface area contributed by atoms with Crippen LogP contribution in [0.15, 0.2) is 0 Å². The third kappa shape index (κ3) is 8.38. The zero-order valence-corrected chi connectivity index (χ0v) is 10.1. The van der Waals surface area contributed by atoms with Gasteiger partial charge < -0.3 is 5.32 Å². The van der Waals surface area contributed by atoms with Gasteiger partial charge in [0.25, 0.3) is 10.1 Å². The van der Waals surface area contributed by atoms with E-state index >= 15 is 0 Å². The molecular weight excluding hydrogens is 218 g/mol. The second kappa shape index (κ2) is 7.64. The van der Waals surface area contributed by atoms with Gasteiger partial charge in [-0.25, -0.2) is 0 Å². The molecule has 5 nitrogen and oxygen atoms in total. The van der Waals surface area contributed by atoms with Gasteiger partial charge in [-0.3, -0.25) is 8.98 Å². The highest BCUT2D eigenvalue weighted by Gasteiger charge is 2.13. The molecule has 1 N–H and O–H groups in total. The molecule has 6 heteroatoms. The van der Waals surface area contributed by atoms with Gasteiger partial charge in [0, 0.05) is 13.0 Å². The smallest absolute Gasteiger partial charge is 0.267 e. The summed E-state index contributed by atoms with van der Waals surface area (Å²) in [5, 5.41) is 2.60. The first kappa shape index (κ1) is 14.4. The first-order chi connectivity index (χ1) is 7.02. The minimum absolute atomic E-state index is 0.0357. The zero-order chi connectivity index (χ0) is 11.7. The van der Waals surface area contributed by atoms with Crippen LogP contribution in [0, 0.1) is 0 Å². The van der Waals surface area contributed by atoms with Crippen LogP contribution in [-0.4, -0.2) is 33.2 Å². The largest absolute Gasteiger partial charge is 0.356 e. The minimum Gasteiger partial charge on any atom is -0.356 e. The van der Waals surface area contributed by atoms with Crippen LogP contribution in [0.2, 0.25) is 0 Å². The lowest BCUT2D eigenvalue weighted by Crippen LogP contribution is -2.26. The Kier molecular flexibility index (Phi) is 7.33. The lowest BCUT2D eigenvalue weighted by Gasteiger charge is -2.05. The molecule has 0 rings (SSSR count). The Labute approximate surface area is 91.3 Å². The van der Waals surface area contributed by atoms with Crippen molar-refractivity contribution in [2.24, 2.45) is 0 Å². The SMILES string of the molecule is CCCNC(=O)CCS(=O)(=O)OCCC. The Morgan fingerprint density at radius 1 is 1.27 bits per heavy atom. The van der Waals surface area contributed by atoms with Gasteiger partial charge in [0.2, 0.25) is 5.91 Å². The van der Waals surface area contributed by atoms with Crippen LogP contribution in [0.4, 0.5) is 0 Å². The van der Waals surface area contributed by atoms with E-state index in [2.05, 4.69) is 9.50 Å². The maximum atomic E-state index is 11.2. The van der Waals surface area contributed by atoms with Gasteiger partial charge in [0.15, 0.2) is 0 Å². The lowest BCUT2D eigenvalue weighted by atomic mass is 10.4. The van der Waals surface area contributed by atoms with Crippen LogP contribution in [0.25, 0.3) is 0 Å². The van der Waals surface area contributed by atoms with Crippen molar-refractivity contribution >= 4 is 16.0 Å². The van der Waals surface area contributed by atoms with E-state index in [1.165, 1.54) is 0 Å². The summed E-state index contributed by atoms with van der Waals surface area (Å²) in [6.07, 6.45) is 1.44. The van der Waals surface area contributed by atoms with Crippen LogP contribution >= 0.6 is 0 Å². The highest BCUT2D eigenvalue weighted by atomic mass is 32.2. The Morgan fingerprint density at radius 2 is 1.93 bits per heavy atom. The van der Waals surface area contributed by atoms with Crippen LogP contribution in [0.5, 0.6) is 0 Å². The highest BCUT2D eigenvalue weighted by molar-refractivity contribution is 7.86. The number of carbonyl (C=O) groups is 1. The van der Waals surface area contributed by atoms with Crippen molar-refractivity contribution in [3.8, 4) is 0 Å². The summed E-state index contributed by atoms with van der Waals surface area (Å²) in [5.41, 5.74) is 0. The fourth-order valence-electron chi connectivity index (χ4n) is 0.840. The number of carbonyl (C=O) groups excluding carboxylic acids is 1. The van der Waals surface area contributed by atoms with Gasteiger partial charge in [-0.2, -0.15) is 8.42 Å². The van der Waals surface area contributed by atoms with Gasteiger partial charge in [-0.05, 0) is 12.8 Å². The summed E-state index contributed by atoms with van der Waals surface area (Å²) >= 11 is 0. The van der Waals surface area contributed by atoms with Crippen LogP contribution in [0.3, 0.4) is 0 Å². The van der Waals surface area contributed by atoms with E-state index in [1.54, 1.807) is 0 Å². The lowest BCUT2D eigenvalue weighted by molar-refractivity contribution is -0.120. The molecule has 0 atom stereocenters. The quantitative estimate of drug-likeness (QED) is 0.629. The molecule has 0 aliphatic heterocycles. The molecule has 0 spiro atoms. The van der Waals surface area contributed by atoms with E-state index in [0.717, 1.165) is 6.42 Å².